The van der Waals surface area contributed by atoms with Gasteiger partial charge in [-0.3, -0.25) is 0 Å². The Kier molecular flexibility index (Phi) is 4.34. The predicted octanol–water partition coefficient (Wildman–Crippen LogP) is 3.66. The molecule has 0 radical (unpaired) electrons. The van der Waals surface area contributed by atoms with E-state index >= 15 is 0 Å². The molecule has 1 atom stereocenters. The molecule has 1 aliphatic rings. The number of ether oxygens (including phenoxy) is 1. The summed E-state index contributed by atoms with van der Waals surface area (Å²) < 4.78 is 5.64. The molecule has 3 nitrogen and oxygen atoms in total. The zero-order valence-corrected chi connectivity index (χ0v) is 11.4. The summed E-state index contributed by atoms with van der Waals surface area (Å²) in [6, 6.07) is 6.42. The largest absolute Gasteiger partial charge is 0.491 e. The lowest BCUT2D eigenvalue weighted by Crippen LogP contribution is -2.17. The van der Waals surface area contributed by atoms with Crippen molar-refractivity contribution in [3.63, 3.8) is 0 Å². The van der Waals surface area contributed by atoms with E-state index < -0.39 is 0 Å². The zero-order chi connectivity index (χ0) is 13.0. The molecule has 1 aromatic carbocycles. The van der Waals surface area contributed by atoms with Crippen LogP contribution in [-0.4, -0.2) is 12.6 Å². The van der Waals surface area contributed by atoms with E-state index in [-0.39, 0.29) is 0 Å². The lowest BCUT2D eigenvalue weighted by atomic mass is 10.1. The number of nitrogen functional groups attached to an aromatic ring is 1. The van der Waals surface area contributed by atoms with Crippen LogP contribution in [0.25, 0.3) is 0 Å². The van der Waals surface area contributed by atoms with Crippen molar-refractivity contribution in [1.82, 2.24) is 0 Å². The summed E-state index contributed by atoms with van der Waals surface area (Å²) in [5.41, 5.74) is 7.86. The summed E-state index contributed by atoms with van der Waals surface area (Å²) >= 11 is 0. The molecule has 0 amide bonds. The van der Waals surface area contributed by atoms with E-state index in [0.717, 1.165) is 29.5 Å². The highest BCUT2D eigenvalue weighted by molar-refractivity contribution is 5.73. The van der Waals surface area contributed by atoms with Crippen LogP contribution in [0.15, 0.2) is 18.2 Å². The van der Waals surface area contributed by atoms with Crippen molar-refractivity contribution < 1.29 is 4.74 Å². The summed E-state index contributed by atoms with van der Waals surface area (Å²) in [4.78, 5) is 0. The van der Waals surface area contributed by atoms with Crippen LogP contribution in [-0.2, 0) is 0 Å². The minimum Gasteiger partial charge on any atom is -0.491 e. The second kappa shape index (κ2) is 5.98. The Morgan fingerprint density at radius 3 is 2.89 bits per heavy atom. The highest BCUT2D eigenvalue weighted by Gasteiger charge is 2.23. The number of nitrogens with one attached hydrogen (secondary N) is 1. The van der Waals surface area contributed by atoms with Gasteiger partial charge in [0.05, 0.1) is 18.0 Å². The van der Waals surface area contributed by atoms with Crippen molar-refractivity contribution in [1.29, 1.82) is 0 Å². The van der Waals surface area contributed by atoms with Crippen LogP contribution >= 0.6 is 0 Å². The molecule has 0 spiro atoms. The van der Waals surface area contributed by atoms with Crippen LogP contribution < -0.4 is 15.8 Å². The van der Waals surface area contributed by atoms with Gasteiger partial charge in [0, 0.05) is 6.04 Å². The molecular weight excluding hydrogens is 224 g/mol. The van der Waals surface area contributed by atoms with Crippen molar-refractivity contribution in [2.75, 3.05) is 17.7 Å². The quantitative estimate of drug-likeness (QED) is 0.724. The molecule has 3 N–H and O–H groups in total. The molecule has 0 heterocycles. The molecule has 1 aromatic rings. The number of benzene rings is 1. The number of hydrogen-bond donors (Lipinski definition) is 2. The molecule has 2 rings (SSSR count). The lowest BCUT2D eigenvalue weighted by molar-refractivity contribution is 0.319. The normalized spacial score (nSPS) is 16.3. The maximum atomic E-state index is 6.13. The highest BCUT2D eigenvalue weighted by Crippen LogP contribution is 2.35. The summed E-state index contributed by atoms with van der Waals surface area (Å²) in [5, 5.41) is 3.49. The third-order valence-electron chi connectivity index (χ3n) is 3.31. The maximum Gasteiger partial charge on any atom is 0.144 e. The maximum absolute atomic E-state index is 6.13. The van der Waals surface area contributed by atoms with Crippen LogP contribution in [0.3, 0.4) is 0 Å². The lowest BCUT2D eigenvalue weighted by Gasteiger charge is -2.18. The molecule has 0 saturated heterocycles. The first-order valence-electron chi connectivity index (χ1n) is 6.98. The molecule has 1 unspecified atom stereocenters. The molecule has 100 valence electrons. The summed E-state index contributed by atoms with van der Waals surface area (Å²) in [6.07, 6.45) is 5.01. The van der Waals surface area contributed by atoms with E-state index in [2.05, 4.69) is 19.2 Å². The SMILES string of the molecule is CCCOc1cccc(NC(C)CC2CC2)c1N. The Labute approximate surface area is 110 Å². The third-order valence-corrected chi connectivity index (χ3v) is 3.31. The van der Waals surface area contributed by atoms with Gasteiger partial charge < -0.3 is 15.8 Å². The van der Waals surface area contributed by atoms with E-state index in [9.17, 15) is 0 Å². The molecular formula is C15H24N2O. The molecule has 18 heavy (non-hydrogen) atoms. The number of para-hydroxylation sites is 1. The summed E-state index contributed by atoms with van der Waals surface area (Å²) in [5.74, 6) is 1.72. The molecule has 1 aliphatic carbocycles. The van der Waals surface area contributed by atoms with Gasteiger partial charge in [-0.25, -0.2) is 0 Å². The predicted molar refractivity (Wildman–Crippen MR) is 77.1 cm³/mol. The van der Waals surface area contributed by atoms with Gasteiger partial charge in [-0.2, -0.15) is 0 Å². The first-order chi connectivity index (χ1) is 8.70. The van der Waals surface area contributed by atoms with Crippen LogP contribution in [0.2, 0.25) is 0 Å². The fraction of sp³-hybridized carbons (Fsp3) is 0.600. The van der Waals surface area contributed by atoms with Gasteiger partial charge >= 0.3 is 0 Å². The number of rotatable bonds is 7. The van der Waals surface area contributed by atoms with Gasteiger partial charge in [-0.05, 0) is 37.8 Å². The Morgan fingerprint density at radius 2 is 2.22 bits per heavy atom. The highest BCUT2D eigenvalue weighted by atomic mass is 16.5. The Morgan fingerprint density at radius 1 is 1.44 bits per heavy atom. The van der Waals surface area contributed by atoms with Crippen LogP contribution in [0, 0.1) is 5.92 Å². The second-order valence-corrected chi connectivity index (χ2v) is 5.29. The van der Waals surface area contributed by atoms with E-state index in [1.54, 1.807) is 0 Å². The van der Waals surface area contributed by atoms with Gasteiger partial charge in [0.25, 0.3) is 0 Å². The molecule has 0 aliphatic heterocycles. The Bertz CT molecular complexity index is 388. The van der Waals surface area contributed by atoms with E-state index in [0.29, 0.717) is 12.6 Å². The molecule has 0 bridgehead atoms. The molecule has 1 fully saturated rings. The van der Waals surface area contributed by atoms with Gasteiger partial charge in [0.1, 0.15) is 5.75 Å². The number of anilines is 2. The first-order valence-corrected chi connectivity index (χ1v) is 6.98. The average Bonchev–Trinajstić information content (AvgIpc) is 3.14. The fourth-order valence-electron chi connectivity index (χ4n) is 2.19. The van der Waals surface area contributed by atoms with E-state index in [4.69, 9.17) is 10.5 Å². The molecule has 0 aromatic heterocycles. The summed E-state index contributed by atoms with van der Waals surface area (Å²) in [6.45, 7) is 5.03. The molecule has 1 saturated carbocycles. The smallest absolute Gasteiger partial charge is 0.144 e. The van der Waals surface area contributed by atoms with Gasteiger partial charge in [0.15, 0.2) is 0 Å². The average molecular weight is 248 g/mol. The van der Waals surface area contributed by atoms with Gasteiger partial charge in [0.2, 0.25) is 0 Å². The van der Waals surface area contributed by atoms with E-state index in [1.165, 1.54) is 19.3 Å². The zero-order valence-electron chi connectivity index (χ0n) is 11.4. The van der Waals surface area contributed by atoms with Gasteiger partial charge in [-0.1, -0.05) is 25.8 Å². The van der Waals surface area contributed by atoms with Crippen LogP contribution in [0.5, 0.6) is 5.75 Å². The third kappa shape index (κ3) is 3.56. The minimum absolute atomic E-state index is 0.473. The Balaban J connectivity index is 1.97. The van der Waals surface area contributed by atoms with Crippen molar-refractivity contribution >= 4 is 11.4 Å². The standard InChI is InChI=1S/C15H24N2O/c1-3-9-18-14-6-4-5-13(15(14)16)17-11(2)10-12-7-8-12/h4-6,11-12,17H,3,7-10,16H2,1-2H3. The number of nitrogens with two attached hydrogens (primary N) is 1. The summed E-state index contributed by atoms with van der Waals surface area (Å²) in [7, 11) is 0. The van der Waals surface area contributed by atoms with Crippen LogP contribution in [0.1, 0.15) is 39.5 Å². The van der Waals surface area contributed by atoms with E-state index in [1.807, 2.05) is 18.2 Å². The van der Waals surface area contributed by atoms with Gasteiger partial charge in [-0.15, -0.1) is 0 Å². The minimum atomic E-state index is 0.473. The first kappa shape index (κ1) is 13.1. The van der Waals surface area contributed by atoms with Crippen molar-refractivity contribution in [3.8, 4) is 5.75 Å². The second-order valence-electron chi connectivity index (χ2n) is 5.29. The van der Waals surface area contributed by atoms with Crippen molar-refractivity contribution in [3.05, 3.63) is 18.2 Å². The van der Waals surface area contributed by atoms with Crippen molar-refractivity contribution in [2.45, 2.75) is 45.6 Å². The molecule has 3 heteroatoms. The van der Waals surface area contributed by atoms with Crippen LogP contribution in [0.4, 0.5) is 11.4 Å². The fourth-order valence-corrected chi connectivity index (χ4v) is 2.19. The monoisotopic (exact) mass is 248 g/mol. The number of hydrogen-bond acceptors (Lipinski definition) is 3. The topological polar surface area (TPSA) is 47.3 Å². The van der Waals surface area contributed by atoms with Crippen molar-refractivity contribution in [2.24, 2.45) is 5.92 Å². The Hall–Kier alpha value is -1.38.